The van der Waals surface area contributed by atoms with E-state index >= 15 is 0 Å². The summed E-state index contributed by atoms with van der Waals surface area (Å²) in [6.45, 7) is -0.979. The molecule has 0 radical (unpaired) electrons. The van der Waals surface area contributed by atoms with Crippen LogP contribution in [-0.4, -0.2) is 48.6 Å². The van der Waals surface area contributed by atoms with Crippen molar-refractivity contribution in [3.63, 3.8) is 0 Å². The molecule has 1 fully saturated rings. The summed E-state index contributed by atoms with van der Waals surface area (Å²) < 4.78 is 61.3. The smallest absolute Gasteiger partial charge is 0.329 e. The van der Waals surface area contributed by atoms with Crippen LogP contribution >= 0.6 is 12.8 Å². The Morgan fingerprint density at radius 2 is 2.07 bits per heavy atom. The van der Waals surface area contributed by atoms with Gasteiger partial charge in [0.05, 0.1) is 6.61 Å². The van der Waals surface area contributed by atoms with Crippen molar-refractivity contribution in [1.29, 1.82) is 0 Å². The van der Waals surface area contributed by atoms with Gasteiger partial charge in [0.25, 0.3) is 0 Å². The van der Waals surface area contributed by atoms with Gasteiger partial charge in [-0.2, -0.15) is 17.6 Å². The van der Waals surface area contributed by atoms with Gasteiger partial charge in [-0.3, -0.25) is 0 Å². The highest BCUT2D eigenvalue weighted by Crippen LogP contribution is 2.43. The van der Waals surface area contributed by atoms with Crippen LogP contribution < -0.4 is 0 Å². The second kappa shape index (κ2) is 4.06. The summed E-state index contributed by atoms with van der Waals surface area (Å²) in [4.78, 5) is 0. The molecular formula is C6H10F4N2O2S. The number of hydrazine groups is 1. The van der Waals surface area contributed by atoms with E-state index in [1.807, 2.05) is 0 Å². The van der Waals surface area contributed by atoms with Gasteiger partial charge in [0.1, 0.15) is 0 Å². The average molecular weight is 250 g/mol. The molecule has 90 valence electrons. The number of morpholine rings is 1. The van der Waals surface area contributed by atoms with E-state index in [2.05, 4.69) is 22.3 Å². The Balaban J connectivity index is 3.07. The van der Waals surface area contributed by atoms with E-state index in [1.54, 1.807) is 0 Å². The molecule has 4 nitrogen and oxygen atoms in total. The van der Waals surface area contributed by atoms with E-state index in [0.717, 1.165) is 7.05 Å². The van der Waals surface area contributed by atoms with Crippen LogP contribution in [0.15, 0.2) is 0 Å². The monoisotopic (exact) mass is 250 g/mol. The standard InChI is InChI=1S/C6H10F4N2O2S/c1-11(15)12-4(7)3-14-5(8,9)6(12,10)13-2/h4,15H,3H2,1-2H3. The number of nitrogens with zero attached hydrogens (tertiary/aromatic N) is 2. The molecule has 1 rings (SSSR count). The summed E-state index contributed by atoms with van der Waals surface area (Å²) in [5.74, 6) is -3.72. The number of rotatable bonds is 2. The number of hydrogen-bond donors (Lipinski definition) is 1. The Bertz CT molecular complexity index is 245. The topological polar surface area (TPSA) is 24.9 Å². The molecule has 0 aromatic heterocycles. The Labute approximate surface area is 89.2 Å². The maximum atomic E-state index is 13.7. The first-order chi connectivity index (χ1) is 6.76. The Morgan fingerprint density at radius 3 is 2.40 bits per heavy atom. The molecular weight excluding hydrogens is 240 g/mol. The van der Waals surface area contributed by atoms with Crippen molar-refractivity contribution >= 4 is 12.8 Å². The molecule has 0 bridgehead atoms. The lowest BCUT2D eigenvalue weighted by molar-refractivity contribution is -0.481. The lowest BCUT2D eigenvalue weighted by atomic mass is 10.3. The average Bonchev–Trinajstić information content (AvgIpc) is 2.12. The summed E-state index contributed by atoms with van der Waals surface area (Å²) in [5.41, 5.74) is 0. The van der Waals surface area contributed by atoms with Crippen LogP contribution in [0.2, 0.25) is 0 Å². The molecule has 1 aliphatic rings. The van der Waals surface area contributed by atoms with Crippen LogP contribution in [0, 0.1) is 0 Å². The van der Waals surface area contributed by atoms with Crippen molar-refractivity contribution in [2.45, 2.75) is 18.4 Å². The predicted octanol–water partition coefficient (Wildman–Crippen LogP) is 1.17. The van der Waals surface area contributed by atoms with Crippen molar-refractivity contribution in [3.05, 3.63) is 0 Å². The molecule has 1 saturated heterocycles. The zero-order valence-corrected chi connectivity index (χ0v) is 8.85. The molecule has 0 spiro atoms. The van der Waals surface area contributed by atoms with Gasteiger partial charge in [-0.1, -0.05) is 12.8 Å². The molecule has 0 N–H and O–H groups in total. The highest BCUT2D eigenvalue weighted by atomic mass is 32.1. The molecule has 0 aliphatic carbocycles. The third-order valence-electron chi connectivity index (χ3n) is 1.90. The van der Waals surface area contributed by atoms with Gasteiger partial charge in [0.15, 0.2) is 6.30 Å². The van der Waals surface area contributed by atoms with Crippen molar-refractivity contribution in [2.75, 3.05) is 20.8 Å². The number of hydrogen-bond acceptors (Lipinski definition) is 5. The molecule has 1 heterocycles. The minimum Gasteiger partial charge on any atom is -0.329 e. The van der Waals surface area contributed by atoms with Crippen LogP contribution in [-0.2, 0) is 9.47 Å². The third kappa shape index (κ3) is 1.94. The van der Waals surface area contributed by atoms with Gasteiger partial charge in [0.2, 0.25) is 0 Å². The van der Waals surface area contributed by atoms with E-state index in [-0.39, 0.29) is 5.01 Å². The summed E-state index contributed by atoms with van der Waals surface area (Å²) in [7, 11) is 1.77. The molecule has 9 heteroatoms. The Hall–Kier alpha value is -0.0900. The zero-order valence-electron chi connectivity index (χ0n) is 7.95. The summed E-state index contributed by atoms with van der Waals surface area (Å²) >= 11 is 3.56. The van der Waals surface area contributed by atoms with Crippen LogP contribution in [0.5, 0.6) is 0 Å². The van der Waals surface area contributed by atoms with Crippen LogP contribution in [0.4, 0.5) is 17.6 Å². The summed E-state index contributed by atoms with van der Waals surface area (Å²) in [5, 5.41) is 0.0135. The van der Waals surface area contributed by atoms with E-state index in [4.69, 9.17) is 0 Å². The number of methoxy groups -OCH3 is 1. The first-order valence-electron chi connectivity index (χ1n) is 3.88. The number of halogens is 4. The fourth-order valence-corrected chi connectivity index (χ4v) is 1.45. The molecule has 0 saturated carbocycles. The lowest BCUT2D eigenvalue weighted by Crippen LogP contribution is -2.69. The molecule has 0 aromatic carbocycles. The fraction of sp³-hybridized carbons (Fsp3) is 1.00. The largest absolute Gasteiger partial charge is 0.431 e. The fourth-order valence-electron chi connectivity index (χ4n) is 1.23. The van der Waals surface area contributed by atoms with E-state index in [9.17, 15) is 17.6 Å². The van der Waals surface area contributed by atoms with Gasteiger partial charge >= 0.3 is 12.1 Å². The second-order valence-corrected chi connectivity index (χ2v) is 3.44. The van der Waals surface area contributed by atoms with Gasteiger partial charge in [-0.25, -0.2) is 4.39 Å². The first kappa shape index (κ1) is 13.0. The lowest BCUT2D eigenvalue weighted by Gasteiger charge is -2.46. The SMILES string of the molecule is COC1(F)N(N(C)S)C(F)COC1(F)F. The molecule has 2 atom stereocenters. The number of alkyl halides is 4. The third-order valence-corrected chi connectivity index (χ3v) is 2.10. The Kier molecular flexibility index (Phi) is 3.51. The maximum Gasteiger partial charge on any atom is 0.431 e. The van der Waals surface area contributed by atoms with Crippen molar-refractivity contribution in [3.8, 4) is 0 Å². The van der Waals surface area contributed by atoms with Crippen LogP contribution in [0.3, 0.4) is 0 Å². The quantitative estimate of drug-likeness (QED) is 0.452. The first-order valence-corrected chi connectivity index (χ1v) is 4.28. The summed E-state index contributed by atoms with van der Waals surface area (Å²) in [6.07, 6.45) is -6.39. The zero-order chi connectivity index (χ0) is 11.9. The maximum absolute atomic E-state index is 13.7. The highest BCUT2D eigenvalue weighted by molar-refractivity contribution is 7.77. The van der Waals surface area contributed by atoms with Gasteiger partial charge < -0.3 is 9.47 Å². The molecule has 1 aliphatic heterocycles. The minimum atomic E-state index is -4.28. The minimum absolute atomic E-state index is 0.0135. The van der Waals surface area contributed by atoms with Crippen molar-refractivity contribution < 1.29 is 27.0 Å². The molecule has 2 unspecified atom stereocenters. The second-order valence-electron chi connectivity index (χ2n) is 2.86. The van der Waals surface area contributed by atoms with Crippen LogP contribution in [0.25, 0.3) is 0 Å². The molecule has 0 aromatic rings. The Morgan fingerprint density at radius 1 is 1.53 bits per heavy atom. The summed E-state index contributed by atoms with van der Waals surface area (Å²) in [6, 6.07) is 0. The van der Waals surface area contributed by atoms with Crippen LogP contribution in [0.1, 0.15) is 0 Å². The molecule has 15 heavy (non-hydrogen) atoms. The predicted molar refractivity (Wildman–Crippen MR) is 45.2 cm³/mol. The molecule has 0 amide bonds. The van der Waals surface area contributed by atoms with E-state index < -0.39 is 25.0 Å². The van der Waals surface area contributed by atoms with E-state index in [0.29, 0.717) is 11.5 Å². The number of thiol groups is 1. The van der Waals surface area contributed by atoms with Crippen molar-refractivity contribution in [1.82, 2.24) is 9.42 Å². The van der Waals surface area contributed by atoms with E-state index in [1.165, 1.54) is 0 Å². The normalized spacial score (nSPS) is 37.2. The van der Waals surface area contributed by atoms with Gasteiger partial charge in [0, 0.05) is 14.2 Å². The van der Waals surface area contributed by atoms with Crippen molar-refractivity contribution in [2.24, 2.45) is 0 Å². The number of ether oxygens (including phenoxy) is 2. The highest BCUT2D eigenvalue weighted by Gasteiger charge is 2.68. The van der Waals surface area contributed by atoms with Gasteiger partial charge in [-0.05, 0) is 0 Å². The van der Waals surface area contributed by atoms with Gasteiger partial charge in [-0.15, -0.1) is 5.01 Å².